The van der Waals surface area contributed by atoms with Gasteiger partial charge in [0.15, 0.2) is 11.4 Å². The van der Waals surface area contributed by atoms with E-state index in [1.165, 1.54) is 10.5 Å². The van der Waals surface area contributed by atoms with Crippen molar-refractivity contribution in [2.24, 2.45) is 0 Å². The summed E-state index contributed by atoms with van der Waals surface area (Å²) in [4.78, 5) is 18.2. The first-order valence-corrected chi connectivity index (χ1v) is 12.0. The minimum Gasteiger partial charge on any atom is -0.485 e. The summed E-state index contributed by atoms with van der Waals surface area (Å²) in [6.45, 7) is 7.57. The van der Waals surface area contributed by atoms with Crippen molar-refractivity contribution in [3.05, 3.63) is 111 Å². The first-order chi connectivity index (χ1) is 18.0. The van der Waals surface area contributed by atoms with Gasteiger partial charge in [0.2, 0.25) is 0 Å². The SMILES string of the molecule is Cc1ccc(C)c(-n2nc(-c3c(C)nc4c(OCc5cccc(C(F)(F)F)c5)cccn4c3=O)cc2C)c1. The van der Waals surface area contributed by atoms with Gasteiger partial charge >= 0.3 is 6.18 Å². The van der Waals surface area contributed by atoms with E-state index in [0.717, 1.165) is 34.6 Å². The second-order valence-electron chi connectivity index (χ2n) is 9.30. The van der Waals surface area contributed by atoms with Crippen molar-refractivity contribution < 1.29 is 17.9 Å². The molecule has 0 unspecified atom stereocenters. The quantitative estimate of drug-likeness (QED) is 0.271. The van der Waals surface area contributed by atoms with E-state index in [0.29, 0.717) is 22.5 Å². The van der Waals surface area contributed by atoms with E-state index < -0.39 is 11.7 Å². The molecule has 0 aliphatic carbocycles. The highest BCUT2D eigenvalue weighted by molar-refractivity contribution is 5.66. The van der Waals surface area contributed by atoms with Crippen molar-refractivity contribution in [2.75, 3.05) is 0 Å². The van der Waals surface area contributed by atoms with E-state index in [2.05, 4.69) is 4.98 Å². The fourth-order valence-electron chi connectivity index (χ4n) is 4.44. The predicted molar refractivity (Wildman–Crippen MR) is 139 cm³/mol. The Morgan fingerprint density at radius 3 is 2.50 bits per heavy atom. The number of fused-ring (bicyclic) bond motifs is 1. The second kappa shape index (κ2) is 9.48. The summed E-state index contributed by atoms with van der Waals surface area (Å²) < 4.78 is 48.2. The zero-order valence-corrected chi connectivity index (χ0v) is 21.3. The Balaban J connectivity index is 1.52. The molecule has 6 nitrogen and oxygen atoms in total. The minimum absolute atomic E-state index is 0.111. The van der Waals surface area contributed by atoms with Crippen LogP contribution in [0.15, 0.2) is 71.7 Å². The smallest absolute Gasteiger partial charge is 0.416 e. The van der Waals surface area contributed by atoms with Crippen LogP contribution in [0.5, 0.6) is 5.75 Å². The third-order valence-electron chi connectivity index (χ3n) is 6.38. The van der Waals surface area contributed by atoms with Crippen molar-refractivity contribution in [1.29, 1.82) is 0 Å². The van der Waals surface area contributed by atoms with Gasteiger partial charge in [-0.25, -0.2) is 9.67 Å². The Bertz CT molecular complexity index is 1730. The zero-order valence-electron chi connectivity index (χ0n) is 21.3. The van der Waals surface area contributed by atoms with Gasteiger partial charge < -0.3 is 4.74 Å². The summed E-state index contributed by atoms with van der Waals surface area (Å²) in [5, 5.41) is 4.75. The molecular weight excluding hydrogens is 493 g/mol. The molecule has 3 heterocycles. The molecule has 0 saturated carbocycles. The molecule has 9 heteroatoms. The monoisotopic (exact) mass is 518 g/mol. The minimum atomic E-state index is -4.44. The predicted octanol–water partition coefficient (Wildman–Crippen LogP) is 6.38. The van der Waals surface area contributed by atoms with Crippen molar-refractivity contribution >= 4 is 5.65 Å². The molecule has 0 atom stereocenters. The van der Waals surface area contributed by atoms with Crippen molar-refractivity contribution in [1.82, 2.24) is 19.2 Å². The molecular formula is C29H25F3N4O2. The third kappa shape index (κ3) is 4.67. The Morgan fingerprint density at radius 1 is 0.947 bits per heavy atom. The van der Waals surface area contributed by atoms with Crippen LogP contribution in [-0.4, -0.2) is 19.2 Å². The number of halogens is 3. The summed E-state index contributed by atoms with van der Waals surface area (Å²) in [5.41, 5.74) is 4.86. The van der Waals surface area contributed by atoms with Gasteiger partial charge in [-0.05, 0) is 80.8 Å². The maximum Gasteiger partial charge on any atom is 0.416 e. The van der Waals surface area contributed by atoms with Gasteiger partial charge in [-0.3, -0.25) is 9.20 Å². The molecule has 0 aliphatic rings. The number of benzene rings is 2. The maximum absolute atomic E-state index is 13.6. The number of nitrogens with zero attached hydrogens (tertiary/aromatic N) is 4. The summed E-state index contributed by atoms with van der Waals surface area (Å²) in [5.74, 6) is 0.286. The number of aryl methyl sites for hydroxylation is 4. The van der Waals surface area contributed by atoms with Crippen LogP contribution in [0, 0.1) is 27.7 Å². The molecule has 0 amide bonds. The molecule has 3 aromatic heterocycles. The van der Waals surface area contributed by atoms with E-state index in [9.17, 15) is 18.0 Å². The number of alkyl halides is 3. The molecule has 5 rings (SSSR count). The lowest BCUT2D eigenvalue weighted by Gasteiger charge is -2.13. The number of rotatable bonds is 5. The molecule has 38 heavy (non-hydrogen) atoms. The topological polar surface area (TPSA) is 61.4 Å². The second-order valence-corrected chi connectivity index (χ2v) is 9.30. The van der Waals surface area contributed by atoms with Gasteiger partial charge in [0.25, 0.3) is 5.56 Å². The van der Waals surface area contributed by atoms with Crippen molar-refractivity contribution in [3.63, 3.8) is 0 Å². The van der Waals surface area contributed by atoms with Gasteiger partial charge in [0, 0.05) is 11.9 Å². The number of aromatic nitrogens is 4. The molecule has 0 aliphatic heterocycles. The molecule has 0 bridgehead atoms. The molecule has 0 radical (unpaired) electrons. The fraction of sp³-hybridized carbons (Fsp3) is 0.207. The van der Waals surface area contributed by atoms with Crippen molar-refractivity contribution in [3.8, 4) is 22.7 Å². The summed E-state index contributed by atoms with van der Waals surface area (Å²) >= 11 is 0. The van der Waals surface area contributed by atoms with Crippen LogP contribution >= 0.6 is 0 Å². The fourth-order valence-corrected chi connectivity index (χ4v) is 4.44. The lowest BCUT2D eigenvalue weighted by molar-refractivity contribution is -0.137. The van der Waals surface area contributed by atoms with Gasteiger partial charge in [-0.1, -0.05) is 24.3 Å². The summed E-state index contributed by atoms with van der Waals surface area (Å²) in [6, 6.07) is 16.2. The molecule has 0 fully saturated rings. The Morgan fingerprint density at radius 2 is 1.74 bits per heavy atom. The first-order valence-electron chi connectivity index (χ1n) is 12.0. The van der Waals surface area contributed by atoms with Crippen LogP contribution in [0.25, 0.3) is 22.6 Å². The molecule has 0 N–H and O–H groups in total. The van der Waals surface area contributed by atoms with Gasteiger partial charge in [0.05, 0.1) is 22.5 Å². The average molecular weight is 519 g/mol. The van der Waals surface area contributed by atoms with Gasteiger partial charge in [-0.2, -0.15) is 18.3 Å². The van der Waals surface area contributed by atoms with Crippen LogP contribution in [0.2, 0.25) is 0 Å². The van der Waals surface area contributed by atoms with E-state index in [1.54, 1.807) is 31.3 Å². The number of hydrogen-bond donors (Lipinski definition) is 0. The van der Waals surface area contributed by atoms with E-state index >= 15 is 0 Å². The lowest BCUT2D eigenvalue weighted by Crippen LogP contribution is -2.19. The lowest BCUT2D eigenvalue weighted by atomic mass is 10.1. The normalized spacial score (nSPS) is 11.8. The van der Waals surface area contributed by atoms with Crippen LogP contribution < -0.4 is 10.3 Å². The van der Waals surface area contributed by atoms with E-state index in [-0.39, 0.29) is 23.6 Å². The number of pyridine rings is 1. The van der Waals surface area contributed by atoms with Crippen LogP contribution in [0.3, 0.4) is 0 Å². The summed E-state index contributed by atoms with van der Waals surface area (Å²) in [7, 11) is 0. The molecule has 194 valence electrons. The average Bonchev–Trinajstić information content (AvgIpc) is 3.24. The van der Waals surface area contributed by atoms with Crippen LogP contribution in [0.1, 0.15) is 33.6 Å². The van der Waals surface area contributed by atoms with Crippen LogP contribution in [-0.2, 0) is 12.8 Å². The Kier molecular flexibility index (Phi) is 6.30. The van der Waals surface area contributed by atoms with Crippen LogP contribution in [0.4, 0.5) is 13.2 Å². The number of hydrogen-bond acceptors (Lipinski definition) is 4. The Hall–Kier alpha value is -4.40. The highest BCUT2D eigenvalue weighted by Crippen LogP contribution is 2.30. The number of ether oxygens (including phenoxy) is 1. The first kappa shape index (κ1) is 25.3. The molecule has 2 aromatic carbocycles. The highest BCUT2D eigenvalue weighted by atomic mass is 19.4. The van der Waals surface area contributed by atoms with Gasteiger partial charge in [-0.15, -0.1) is 0 Å². The van der Waals surface area contributed by atoms with E-state index in [1.807, 2.05) is 49.7 Å². The molecule has 0 spiro atoms. The highest BCUT2D eigenvalue weighted by Gasteiger charge is 2.30. The third-order valence-corrected chi connectivity index (χ3v) is 6.38. The molecule has 5 aromatic rings. The maximum atomic E-state index is 13.6. The Labute approximate surface area is 217 Å². The standard InChI is InChI=1S/C29H25F3N4O2/c1-17-10-11-18(2)24(13-17)36-19(3)14-23(34-36)26-20(4)33-27-25(9-6-12-35(27)28(26)37)38-16-21-7-5-8-22(15-21)29(30,31)32/h5-15H,16H2,1-4H3. The molecule has 0 saturated heterocycles. The zero-order chi connectivity index (χ0) is 27.2. The van der Waals surface area contributed by atoms with Gasteiger partial charge in [0.1, 0.15) is 12.3 Å². The summed E-state index contributed by atoms with van der Waals surface area (Å²) in [6.07, 6.45) is -2.86. The largest absolute Gasteiger partial charge is 0.485 e. The van der Waals surface area contributed by atoms with Crippen molar-refractivity contribution in [2.45, 2.75) is 40.5 Å². The van der Waals surface area contributed by atoms with E-state index in [4.69, 9.17) is 9.84 Å².